The molecule has 21 heavy (non-hydrogen) atoms. The Balaban J connectivity index is 2.16. The summed E-state index contributed by atoms with van der Waals surface area (Å²) in [6, 6.07) is 15.1. The predicted molar refractivity (Wildman–Crippen MR) is 83.2 cm³/mol. The Bertz CT molecular complexity index is 630. The summed E-state index contributed by atoms with van der Waals surface area (Å²) in [6.07, 6.45) is 0.981. The molecule has 108 valence electrons. The van der Waals surface area contributed by atoms with E-state index in [1.807, 2.05) is 24.3 Å². The lowest BCUT2D eigenvalue weighted by Crippen LogP contribution is -1.97. The third-order valence-corrected chi connectivity index (χ3v) is 2.95. The molecule has 0 radical (unpaired) electrons. The number of ether oxygens (including phenoxy) is 2. The van der Waals surface area contributed by atoms with Gasteiger partial charge in [-0.05, 0) is 42.8 Å². The van der Waals surface area contributed by atoms with Crippen molar-refractivity contribution in [2.75, 3.05) is 19.0 Å². The molecule has 2 aromatic rings. The van der Waals surface area contributed by atoms with E-state index in [4.69, 9.17) is 14.7 Å². The molecule has 4 heteroatoms. The Morgan fingerprint density at radius 1 is 1.10 bits per heavy atom. The molecule has 1 N–H and O–H groups in total. The van der Waals surface area contributed by atoms with E-state index >= 15 is 0 Å². The molecule has 0 unspecified atom stereocenters. The van der Waals surface area contributed by atoms with Gasteiger partial charge in [-0.25, -0.2) is 0 Å². The van der Waals surface area contributed by atoms with E-state index in [9.17, 15) is 0 Å². The lowest BCUT2D eigenvalue weighted by molar-refractivity contribution is 0.317. The van der Waals surface area contributed by atoms with E-state index in [1.54, 1.807) is 25.3 Å². The second-order valence-electron chi connectivity index (χ2n) is 4.52. The van der Waals surface area contributed by atoms with Crippen LogP contribution in [0.25, 0.3) is 0 Å². The summed E-state index contributed by atoms with van der Waals surface area (Å²) in [5.74, 6) is 1.55. The van der Waals surface area contributed by atoms with Crippen LogP contribution < -0.4 is 14.8 Å². The molecule has 0 aliphatic carbocycles. The van der Waals surface area contributed by atoms with E-state index in [1.165, 1.54) is 0 Å². The third-order valence-electron chi connectivity index (χ3n) is 2.95. The van der Waals surface area contributed by atoms with Crippen LogP contribution in [0, 0.1) is 11.3 Å². The Morgan fingerprint density at radius 2 is 1.81 bits per heavy atom. The highest BCUT2D eigenvalue weighted by Crippen LogP contribution is 2.26. The number of anilines is 2. The summed E-state index contributed by atoms with van der Waals surface area (Å²) >= 11 is 0. The van der Waals surface area contributed by atoms with Gasteiger partial charge in [0, 0.05) is 11.8 Å². The second kappa shape index (κ2) is 7.20. The standard InChI is InChI=1S/C17H18N2O2/c1-3-10-21-15-8-5-14(6-9-15)19-17-11-16(20-2)7-4-13(17)12-18/h4-9,11,19H,3,10H2,1-2H3. The summed E-state index contributed by atoms with van der Waals surface area (Å²) in [5.41, 5.74) is 2.18. The fourth-order valence-corrected chi connectivity index (χ4v) is 1.86. The molecule has 0 fully saturated rings. The summed E-state index contributed by atoms with van der Waals surface area (Å²) in [7, 11) is 1.60. The monoisotopic (exact) mass is 282 g/mol. The highest BCUT2D eigenvalue weighted by atomic mass is 16.5. The first-order valence-corrected chi connectivity index (χ1v) is 6.85. The number of rotatable bonds is 6. The molecule has 0 bridgehead atoms. The van der Waals surface area contributed by atoms with Gasteiger partial charge in [-0.3, -0.25) is 0 Å². The van der Waals surface area contributed by atoms with Crippen molar-refractivity contribution in [3.63, 3.8) is 0 Å². The number of benzene rings is 2. The minimum atomic E-state index is 0.571. The quantitative estimate of drug-likeness (QED) is 0.866. The minimum Gasteiger partial charge on any atom is -0.497 e. The average Bonchev–Trinajstić information content (AvgIpc) is 2.54. The van der Waals surface area contributed by atoms with E-state index in [0.29, 0.717) is 17.9 Å². The molecule has 0 aliphatic rings. The lowest BCUT2D eigenvalue weighted by atomic mass is 10.1. The zero-order valence-corrected chi connectivity index (χ0v) is 12.2. The molecule has 0 saturated carbocycles. The number of methoxy groups -OCH3 is 1. The number of nitriles is 1. The number of hydrogen-bond acceptors (Lipinski definition) is 4. The lowest BCUT2D eigenvalue weighted by Gasteiger charge is -2.11. The Hall–Kier alpha value is -2.67. The van der Waals surface area contributed by atoms with Crippen molar-refractivity contribution in [2.45, 2.75) is 13.3 Å². The Morgan fingerprint density at radius 3 is 2.43 bits per heavy atom. The third kappa shape index (κ3) is 3.90. The van der Waals surface area contributed by atoms with Gasteiger partial charge in [0.1, 0.15) is 17.6 Å². The van der Waals surface area contributed by atoms with Gasteiger partial charge in [-0.15, -0.1) is 0 Å². The van der Waals surface area contributed by atoms with Crippen LogP contribution in [0.2, 0.25) is 0 Å². The van der Waals surface area contributed by atoms with Crippen LogP contribution in [0.4, 0.5) is 11.4 Å². The van der Waals surface area contributed by atoms with Crippen LogP contribution in [0.5, 0.6) is 11.5 Å². The van der Waals surface area contributed by atoms with Crippen molar-refractivity contribution in [3.8, 4) is 17.6 Å². The summed E-state index contributed by atoms with van der Waals surface area (Å²) in [5, 5.41) is 12.4. The molecule has 0 spiro atoms. The van der Waals surface area contributed by atoms with E-state index in [2.05, 4.69) is 18.3 Å². The van der Waals surface area contributed by atoms with Crippen LogP contribution >= 0.6 is 0 Å². The summed E-state index contributed by atoms with van der Waals surface area (Å²) in [4.78, 5) is 0. The molecule has 0 aromatic heterocycles. The van der Waals surface area contributed by atoms with Crippen LogP contribution in [0.15, 0.2) is 42.5 Å². The topological polar surface area (TPSA) is 54.3 Å². The van der Waals surface area contributed by atoms with Crippen LogP contribution in [0.1, 0.15) is 18.9 Å². The highest BCUT2D eigenvalue weighted by molar-refractivity contribution is 5.68. The predicted octanol–water partition coefficient (Wildman–Crippen LogP) is 4.10. The van der Waals surface area contributed by atoms with Gasteiger partial charge >= 0.3 is 0 Å². The molecular weight excluding hydrogens is 264 g/mol. The van der Waals surface area contributed by atoms with Crippen molar-refractivity contribution >= 4 is 11.4 Å². The highest BCUT2D eigenvalue weighted by Gasteiger charge is 2.05. The van der Waals surface area contributed by atoms with Gasteiger partial charge in [0.05, 0.1) is 25.0 Å². The Kier molecular flexibility index (Phi) is 5.05. The smallest absolute Gasteiger partial charge is 0.121 e. The van der Waals surface area contributed by atoms with Crippen LogP contribution in [-0.2, 0) is 0 Å². The second-order valence-corrected chi connectivity index (χ2v) is 4.52. The fourth-order valence-electron chi connectivity index (χ4n) is 1.86. The normalized spacial score (nSPS) is 9.76. The first-order valence-electron chi connectivity index (χ1n) is 6.85. The first-order chi connectivity index (χ1) is 10.3. The molecule has 0 aliphatic heterocycles. The SMILES string of the molecule is CCCOc1ccc(Nc2cc(OC)ccc2C#N)cc1. The van der Waals surface area contributed by atoms with Gasteiger partial charge in [-0.2, -0.15) is 5.26 Å². The van der Waals surface area contributed by atoms with Crippen LogP contribution in [0.3, 0.4) is 0 Å². The average molecular weight is 282 g/mol. The maximum atomic E-state index is 9.15. The van der Waals surface area contributed by atoms with Crippen LogP contribution in [-0.4, -0.2) is 13.7 Å². The molecule has 0 saturated heterocycles. The van der Waals surface area contributed by atoms with Crippen molar-refractivity contribution in [1.82, 2.24) is 0 Å². The number of hydrogen-bond donors (Lipinski definition) is 1. The van der Waals surface area contributed by atoms with Gasteiger partial charge in [0.2, 0.25) is 0 Å². The van der Waals surface area contributed by atoms with Crippen molar-refractivity contribution in [2.24, 2.45) is 0 Å². The molecule has 0 heterocycles. The van der Waals surface area contributed by atoms with Crippen molar-refractivity contribution in [3.05, 3.63) is 48.0 Å². The van der Waals surface area contributed by atoms with E-state index in [0.717, 1.165) is 23.5 Å². The summed E-state index contributed by atoms with van der Waals surface area (Å²) in [6.45, 7) is 2.78. The molecule has 0 atom stereocenters. The zero-order valence-electron chi connectivity index (χ0n) is 12.2. The Labute approximate surface area is 124 Å². The fraction of sp³-hybridized carbons (Fsp3) is 0.235. The molecule has 4 nitrogen and oxygen atoms in total. The molecule has 0 amide bonds. The van der Waals surface area contributed by atoms with Crippen molar-refractivity contribution < 1.29 is 9.47 Å². The number of nitrogens with zero attached hydrogens (tertiary/aromatic N) is 1. The van der Waals surface area contributed by atoms with Gasteiger partial charge in [0.25, 0.3) is 0 Å². The molecular formula is C17H18N2O2. The van der Waals surface area contributed by atoms with Crippen molar-refractivity contribution in [1.29, 1.82) is 5.26 Å². The van der Waals surface area contributed by atoms with E-state index < -0.39 is 0 Å². The summed E-state index contributed by atoms with van der Waals surface area (Å²) < 4.78 is 10.7. The zero-order chi connectivity index (χ0) is 15.1. The largest absolute Gasteiger partial charge is 0.497 e. The van der Waals surface area contributed by atoms with Gasteiger partial charge < -0.3 is 14.8 Å². The number of nitrogens with one attached hydrogen (secondary N) is 1. The first kappa shape index (κ1) is 14.7. The molecule has 2 aromatic carbocycles. The maximum Gasteiger partial charge on any atom is 0.121 e. The van der Waals surface area contributed by atoms with E-state index in [-0.39, 0.29) is 0 Å². The minimum absolute atomic E-state index is 0.571. The maximum absolute atomic E-state index is 9.15. The van der Waals surface area contributed by atoms with Gasteiger partial charge in [-0.1, -0.05) is 6.92 Å². The molecule has 2 rings (SSSR count). The van der Waals surface area contributed by atoms with Gasteiger partial charge in [0.15, 0.2) is 0 Å².